The number of ether oxygens (including phenoxy) is 1. The summed E-state index contributed by atoms with van der Waals surface area (Å²) >= 11 is 1.45. The summed E-state index contributed by atoms with van der Waals surface area (Å²) in [5.74, 6) is -1.14. The summed E-state index contributed by atoms with van der Waals surface area (Å²) in [5, 5.41) is 20.2. The van der Waals surface area contributed by atoms with Gasteiger partial charge in [0, 0.05) is 10.3 Å². The average Bonchev–Trinajstić information content (AvgIpc) is 3.19. The predicted molar refractivity (Wildman–Crippen MR) is 105 cm³/mol. The number of H-pyrrole nitrogens is 1. The quantitative estimate of drug-likeness (QED) is 0.520. The smallest absolute Gasteiger partial charge is 0.359 e. The van der Waals surface area contributed by atoms with Crippen molar-refractivity contribution in [3.63, 3.8) is 0 Å². The molecular weight excluding hydrogens is 376 g/mol. The van der Waals surface area contributed by atoms with Crippen molar-refractivity contribution in [3.05, 3.63) is 46.0 Å². The fourth-order valence-corrected chi connectivity index (χ4v) is 4.69. The predicted octanol–water partition coefficient (Wildman–Crippen LogP) is 3.56. The Morgan fingerprint density at radius 3 is 2.93 bits per heavy atom. The first-order valence-corrected chi connectivity index (χ1v) is 9.93. The van der Waals surface area contributed by atoms with Crippen LogP contribution in [0.3, 0.4) is 0 Å². The number of hydrogen-bond donors (Lipinski definition) is 2. The van der Waals surface area contributed by atoms with Gasteiger partial charge in [0.2, 0.25) is 0 Å². The van der Waals surface area contributed by atoms with Gasteiger partial charge in [-0.2, -0.15) is 10.4 Å². The molecule has 8 heteroatoms. The fourth-order valence-electron chi connectivity index (χ4n) is 3.43. The topological polar surface area (TPSA) is 108 Å². The number of carbonyl (C=O) groups is 2. The van der Waals surface area contributed by atoms with Crippen LogP contribution in [0.2, 0.25) is 0 Å². The summed E-state index contributed by atoms with van der Waals surface area (Å²) in [6.45, 7) is -0.437. The van der Waals surface area contributed by atoms with Crippen LogP contribution in [0.25, 0.3) is 10.9 Å². The van der Waals surface area contributed by atoms with Gasteiger partial charge in [-0.25, -0.2) is 4.79 Å². The lowest BCUT2D eigenvalue weighted by Crippen LogP contribution is -2.21. The third kappa shape index (κ3) is 3.49. The molecule has 0 saturated carbocycles. The summed E-state index contributed by atoms with van der Waals surface area (Å²) in [6, 6.07) is 9.41. The van der Waals surface area contributed by atoms with Crippen molar-refractivity contribution in [1.29, 1.82) is 5.26 Å². The summed E-state index contributed by atoms with van der Waals surface area (Å²) in [7, 11) is 0. The number of amides is 1. The molecule has 0 fully saturated rings. The highest BCUT2D eigenvalue weighted by molar-refractivity contribution is 7.16. The number of thiophene rings is 1. The highest BCUT2D eigenvalue weighted by Crippen LogP contribution is 2.36. The van der Waals surface area contributed by atoms with E-state index in [9.17, 15) is 14.9 Å². The maximum atomic E-state index is 12.3. The van der Waals surface area contributed by atoms with Crippen molar-refractivity contribution in [2.45, 2.75) is 32.1 Å². The second-order valence-corrected chi connectivity index (χ2v) is 7.73. The summed E-state index contributed by atoms with van der Waals surface area (Å²) in [4.78, 5) is 25.7. The molecule has 0 aliphatic heterocycles. The van der Waals surface area contributed by atoms with Crippen molar-refractivity contribution in [1.82, 2.24) is 10.2 Å². The number of aryl methyl sites for hydroxylation is 1. The van der Waals surface area contributed by atoms with Gasteiger partial charge >= 0.3 is 5.97 Å². The molecule has 3 aromatic rings. The van der Waals surface area contributed by atoms with Crippen LogP contribution in [0.4, 0.5) is 5.00 Å². The molecular formula is C20H18N4O3S. The van der Waals surface area contributed by atoms with Crippen molar-refractivity contribution in [2.75, 3.05) is 11.9 Å². The monoisotopic (exact) mass is 394 g/mol. The number of nitriles is 1. The van der Waals surface area contributed by atoms with E-state index >= 15 is 0 Å². The van der Waals surface area contributed by atoms with E-state index in [2.05, 4.69) is 21.6 Å². The zero-order chi connectivity index (χ0) is 19.5. The van der Waals surface area contributed by atoms with Gasteiger partial charge in [0.1, 0.15) is 11.1 Å². The van der Waals surface area contributed by atoms with Crippen molar-refractivity contribution in [3.8, 4) is 6.07 Å². The Kier molecular flexibility index (Phi) is 5.08. The Balaban J connectivity index is 1.42. The first-order valence-electron chi connectivity index (χ1n) is 9.12. The molecule has 0 bridgehead atoms. The van der Waals surface area contributed by atoms with Crippen LogP contribution in [0.15, 0.2) is 24.3 Å². The standard InChI is InChI=1S/C20H18N4O3S/c21-10-14-12-6-2-1-3-9-16(12)28-19(14)22-17(25)11-27-20(26)18-13-7-4-5-8-15(13)23-24-18/h4-5,7-8H,1-3,6,9,11H2,(H,22,25)(H,23,24). The van der Waals surface area contributed by atoms with Gasteiger partial charge in [0.05, 0.1) is 11.1 Å². The van der Waals surface area contributed by atoms with Crippen LogP contribution >= 0.6 is 11.3 Å². The maximum Gasteiger partial charge on any atom is 0.359 e. The highest BCUT2D eigenvalue weighted by atomic mass is 32.1. The van der Waals surface area contributed by atoms with E-state index in [0.29, 0.717) is 16.0 Å². The zero-order valence-corrected chi connectivity index (χ0v) is 15.9. The number of esters is 1. The summed E-state index contributed by atoms with van der Waals surface area (Å²) in [6.07, 6.45) is 5.12. The van der Waals surface area contributed by atoms with Gasteiger partial charge < -0.3 is 10.1 Å². The lowest BCUT2D eigenvalue weighted by atomic mass is 10.1. The van der Waals surface area contributed by atoms with Crippen LogP contribution in [-0.4, -0.2) is 28.7 Å². The molecule has 0 atom stereocenters. The van der Waals surface area contributed by atoms with E-state index in [-0.39, 0.29) is 5.69 Å². The number of fused-ring (bicyclic) bond motifs is 2. The van der Waals surface area contributed by atoms with Gasteiger partial charge in [-0.15, -0.1) is 11.3 Å². The number of nitrogens with zero attached hydrogens (tertiary/aromatic N) is 2. The van der Waals surface area contributed by atoms with Gasteiger partial charge in [0.15, 0.2) is 12.3 Å². The van der Waals surface area contributed by atoms with Crippen LogP contribution in [0, 0.1) is 11.3 Å². The number of carbonyl (C=O) groups excluding carboxylic acids is 2. The molecule has 0 radical (unpaired) electrons. The van der Waals surface area contributed by atoms with E-state index in [4.69, 9.17) is 4.74 Å². The number of nitrogens with one attached hydrogen (secondary N) is 2. The Morgan fingerprint density at radius 2 is 2.07 bits per heavy atom. The molecule has 28 heavy (non-hydrogen) atoms. The minimum Gasteiger partial charge on any atom is -0.451 e. The SMILES string of the molecule is N#Cc1c(NC(=O)COC(=O)c2n[nH]c3ccccc23)sc2c1CCCCC2. The molecule has 1 aliphatic rings. The zero-order valence-electron chi connectivity index (χ0n) is 15.1. The van der Waals surface area contributed by atoms with Crippen LogP contribution < -0.4 is 5.32 Å². The number of rotatable bonds is 4. The number of hydrogen-bond acceptors (Lipinski definition) is 6. The minimum absolute atomic E-state index is 0.143. The molecule has 2 aromatic heterocycles. The number of para-hydroxylation sites is 1. The molecule has 1 aromatic carbocycles. The summed E-state index contributed by atoms with van der Waals surface area (Å²) in [5.41, 5.74) is 2.46. The molecule has 142 valence electrons. The number of anilines is 1. The van der Waals surface area contributed by atoms with Gasteiger partial charge in [-0.3, -0.25) is 9.89 Å². The second-order valence-electron chi connectivity index (χ2n) is 6.62. The minimum atomic E-state index is -0.671. The maximum absolute atomic E-state index is 12.3. The normalized spacial score (nSPS) is 13.4. The first kappa shape index (κ1) is 18.2. The molecule has 0 spiro atoms. The second kappa shape index (κ2) is 7.82. The fraction of sp³-hybridized carbons (Fsp3) is 0.300. The van der Waals surface area contributed by atoms with Crippen molar-refractivity contribution in [2.24, 2.45) is 0 Å². The van der Waals surface area contributed by atoms with Crippen LogP contribution in [0.1, 0.15) is 45.8 Å². The van der Waals surface area contributed by atoms with Crippen molar-refractivity contribution >= 4 is 39.1 Å². The van der Waals surface area contributed by atoms with Gasteiger partial charge in [-0.05, 0) is 37.3 Å². The number of aromatic nitrogens is 2. The molecule has 1 amide bonds. The van der Waals surface area contributed by atoms with E-state index in [1.54, 1.807) is 18.2 Å². The Labute approximate surface area is 165 Å². The Hall–Kier alpha value is -3.18. The lowest BCUT2D eigenvalue weighted by molar-refractivity contribution is -0.119. The molecule has 2 heterocycles. The van der Waals surface area contributed by atoms with Crippen LogP contribution in [0.5, 0.6) is 0 Å². The number of benzene rings is 1. The van der Waals surface area contributed by atoms with E-state index in [1.807, 2.05) is 6.07 Å². The molecule has 0 unspecified atom stereocenters. The van der Waals surface area contributed by atoms with Crippen LogP contribution in [-0.2, 0) is 22.4 Å². The third-order valence-electron chi connectivity index (χ3n) is 4.78. The lowest BCUT2D eigenvalue weighted by Gasteiger charge is -2.05. The molecule has 1 aliphatic carbocycles. The Bertz CT molecular complexity index is 1090. The van der Waals surface area contributed by atoms with Gasteiger partial charge in [-0.1, -0.05) is 24.6 Å². The average molecular weight is 394 g/mol. The van der Waals surface area contributed by atoms with Gasteiger partial charge in [0.25, 0.3) is 5.91 Å². The number of aromatic amines is 1. The summed E-state index contributed by atoms with van der Waals surface area (Å²) < 4.78 is 5.11. The third-order valence-corrected chi connectivity index (χ3v) is 5.99. The Morgan fingerprint density at radius 1 is 1.25 bits per heavy atom. The van der Waals surface area contributed by atoms with Crippen molar-refractivity contribution < 1.29 is 14.3 Å². The van der Waals surface area contributed by atoms with E-state index in [0.717, 1.165) is 43.2 Å². The molecule has 4 rings (SSSR count). The van der Waals surface area contributed by atoms with E-state index in [1.165, 1.54) is 16.2 Å². The molecule has 2 N–H and O–H groups in total. The first-order chi connectivity index (χ1) is 13.7. The highest BCUT2D eigenvalue weighted by Gasteiger charge is 2.22. The molecule has 0 saturated heterocycles. The van der Waals surface area contributed by atoms with E-state index < -0.39 is 18.5 Å². The molecule has 7 nitrogen and oxygen atoms in total. The largest absolute Gasteiger partial charge is 0.451 e.